The van der Waals surface area contributed by atoms with Crippen molar-refractivity contribution in [2.75, 3.05) is 0 Å². The number of aliphatic carboxylic acids is 1. The normalized spacial score (nSPS) is 38.9. The van der Waals surface area contributed by atoms with Crippen molar-refractivity contribution in [2.45, 2.75) is 143 Å². The number of carbonyl (C=O) groups is 1. The van der Waals surface area contributed by atoms with Crippen LogP contribution in [-0.4, -0.2) is 12.1 Å². The molecule has 0 bridgehead atoms. The Labute approximate surface area is 210 Å². The van der Waals surface area contributed by atoms with Crippen LogP contribution in [0.2, 0.25) is 0 Å². The summed E-state index contributed by atoms with van der Waals surface area (Å²) in [7, 11) is 0. The van der Waals surface area contributed by atoms with Crippen LogP contribution in [0.4, 0.5) is 4.39 Å². The highest BCUT2D eigenvalue weighted by Gasteiger charge is 2.48. The predicted octanol–water partition coefficient (Wildman–Crippen LogP) is 8.13. The maximum atomic E-state index is 15.1. The average molecular weight is 478 g/mol. The van der Waals surface area contributed by atoms with E-state index in [1.165, 1.54) is 70.6 Å². The molecule has 34 heavy (non-hydrogen) atoms. The lowest BCUT2D eigenvalue weighted by molar-refractivity contribution is -0.315. The number of hydrogen-bond acceptors (Lipinski definition) is 2. The number of carboxylic acid groups (broad SMARTS) is 1. The monoisotopic (exact) mass is 477 g/mol. The van der Waals surface area contributed by atoms with Gasteiger partial charge in [0.05, 0.1) is 0 Å². The number of alkyl halides is 1. The molecule has 0 heterocycles. The molecule has 2 nitrogen and oxygen atoms in total. The molecule has 3 fully saturated rings. The molecule has 0 aromatic rings. The smallest absolute Gasteiger partial charge is 0.109 e. The van der Waals surface area contributed by atoms with E-state index in [2.05, 4.69) is 27.7 Å². The first-order valence-corrected chi connectivity index (χ1v) is 15.2. The highest BCUT2D eigenvalue weighted by Crippen LogP contribution is 2.55. The lowest BCUT2D eigenvalue weighted by Crippen LogP contribution is -2.48. The van der Waals surface area contributed by atoms with Gasteiger partial charge in [-0.1, -0.05) is 72.6 Å². The van der Waals surface area contributed by atoms with Gasteiger partial charge in [0.25, 0.3) is 0 Å². The number of hydrogen-bond donors (Lipinski definition) is 0. The van der Waals surface area contributed by atoms with Crippen LogP contribution < -0.4 is 5.11 Å². The Kier molecular flexibility index (Phi) is 10.8. The van der Waals surface area contributed by atoms with Gasteiger partial charge in [-0.2, -0.15) is 0 Å². The minimum atomic E-state index is -1.24. The van der Waals surface area contributed by atoms with Crippen LogP contribution in [0.3, 0.4) is 0 Å². The Bertz CT molecular complexity index is 605. The van der Waals surface area contributed by atoms with E-state index in [9.17, 15) is 9.90 Å². The molecule has 0 radical (unpaired) electrons. The summed E-state index contributed by atoms with van der Waals surface area (Å²) in [5.41, 5.74) is -0.0258. The van der Waals surface area contributed by atoms with E-state index in [1.807, 2.05) is 0 Å². The second-order valence-corrected chi connectivity index (χ2v) is 12.8. The number of halogens is 1. The maximum Gasteiger partial charge on any atom is 0.109 e. The van der Waals surface area contributed by atoms with E-state index in [-0.39, 0.29) is 5.41 Å². The summed E-state index contributed by atoms with van der Waals surface area (Å²) in [4.78, 5) is 11.4. The van der Waals surface area contributed by atoms with E-state index in [4.69, 9.17) is 0 Å². The van der Waals surface area contributed by atoms with Gasteiger partial charge in [0.2, 0.25) is 0 Å². The van der Waals surface area contributed by atoms with Gasteiger partial charge in [-0.25, -0.2) is 4.39 Å². The summed E-state index contributed by atoms with van der Waals surface area (Å²) < 4.78 is 15.1. The molecule has 5 unspecified atom stereocenters. The Morgan fingerprint density at radius 3 is 2.06 bits per heavy atom. The highest BCUT2D eigenvalue weighted by molar-refractivity contribution is 5.68. The van der Waals surface area contributed by atoms with Gasteiger partial charge in [0, 0.05) is 11.9 Å². The number of unbranched alkanes of at least 4 members (excludes halogenated alkanes) is 1. The lowest BCUT2D eigenvalue weighted by Gasteiger charge is -2.51. The van der Waals surface area contributed by atoms with Crippen LogP contribution in [0.5, 0.6) is 0 Å². The zero-order valence-corrected chi connectivity index (χ0v) is 22.8. The van der Waals surface area contributed by atoms with Gasteiger partial charge < -0.3 is 9.90 Å². The first-order valence-electron chi connectivity index (χ1n) is 15.2. The molecule has 3 heteroatoms. The minimum absolute atomic E-state index is 0.0258. The van der Waals surface area contributed by atoms with Crippen molar-refractivity contribution in [3.8, 4) is 0 Å². The Balaban J connectivity index is 1.56. The van der Waals surface area contributed by atoms with E-state index in [1.54, 1.807) is 0 Å². The topological polar surface area (TPSA) is 40.1 Å². The molecular weight excluding hydrogens is 423 g/mol. The molecule has 3 saturated carbocycles. The van der Waals surface area contributed by atoms with Crippen LogP contribution in [0.1, 0.15) is 137 Å². The van der Waals surface area contributed by atoms with E-state index in [0.717, 1.165) is 49.4 Å². The molecule has 198 valence electrons. The molecule has 0 spiro atoms. The molecule has 0 saturated heterocycles. The van der Waals surface area contributed by atoms with Crippen molar-refractivity contribution in [3.05, 3.63) is 0 Å². The maximum absolute atomic E-state index is 15.1. The zero-order chi connectivity index (χ0) is 24.7. The van der Waals surface area contributed by atoms with Gasteiger partial charge in [0.1, 0.15) is 6.17 Å². The summed E-state index contributed by atoms with van der Waals surface area (Å²) in [6.45, 7) is 9.26. The third kappa shape index (κ3) is 6.58. The quantitative estimate of drug-likeness (QED) is 0.301. The molecule has 0 aromatic carbocycles. The van der Waals surface area contributed by atoms with Crippen molar-refractivity contribution in [1.82, 2.24) is 0 Å². The van der Waals surface area contributed by atoms with Gasteiger partial charge in [-0.05, 0) is 105 Å². The lowest BCUT2D eigenvalue weighted by atomic mass is 9.55. The highest BCUT2D eigenvalue weighted by atomic mass is 19.1. The summed E-state index contributed by atoms with van der Waals surface area (Å²) in [6.07, 6.45) is 19.2. The summed E-state index contributed by atoms with van der Waals surface area (Å²) in [6, 6.07) is 0. The van der Waals surface area contributed by atoms with Crippen LogP contribution in [-0.2, 0) is 4.79 Å². The number of carbonyl (C=O) groups excluding carboxylic acids is 1. The fourth-order valence-corrected chi connectivity index (χ4v) is 9.04. The van der Waals surface area contributed by atoms with E-state index in [0.29, 0.717) is 24.7 Å². The van der Waals surface area contributed by atoms with Crippen molar-refractivity contribution in [3.63, 3.8) is 0 Å². The van der Waals surface area contributed by atoms with Crippen molar-refractivity contribution >= 4 is 5.97 Å². The fraction of sp³-hybridized carbons (Fsp3) is 0.968. The first kappa shape index (κ1) is 28.0. The largest absolute Gasteiger partial charge is 0.550 e. The molecular formula is C31H54FO2-. The van der Waals surface area contributed by atoms with Crippen LogP contribution in [0, 0.1) is 46.8 Å². The average Bonchev–Trinajstić information content (AvgIpc) is 2.83. The fourth-order valence-electron chi connectivity index (χ4n) is 9.04. The van der Waals surface area contributed by atoms with E-state index < -0.39 is 18.1 Å². The van der Waals surface area contributed by atoms with Crippen LogP contribution >= 0.6 is 0 Å². The van der Waals surface area contributed by atoms with Crippen molar-refractivity contribution < 1.29 is 14.3 Å². The number of rotatable bonds is 11. The first-order chi connectivity index (χ1) is 16.3. The van der Waals surface area contributed by atoms with Gasteiger partial charge >= 0.3 is 0 Å². The van der Waals surface area contributed by atoms with Crippen LogP contribution in [0.25, 0.3) is 0 Å². The van der Waals surface area contributed by atoms with Crippen molar-refractivity contribution in [1.29, 1.82) is 0 Å². The molecule has 3 aliphatic rings. The summed E-state index contributed by atoms with van der Waals surface area (Å²) in [5, 5.41) is 11.4. The SMILES string of the molecule is CCCCC1CCC(C2CCC(C(C)C(CC)C3(CCC)CCC(C(=O)[O-])C(F)C3)CC2)CC1. The molecule has 0 amide bonds. The Morgan fingerprint density at radius 1 is 0.941 bits per heavy atom. The molecule has 0 N–H and O–H groups in total. The van der Waals surface area contributed by atoms with E-state index >= 15 is 4.39 Å². The van der Waals surface area contributed by atoms with Gasteiger partial charge in [0.15, 0.2) is 0 Å². The molecule has 3 aliphatic carbocycles. The molecule has 3 rings (SSSR count). The predicted molar refractivity (Wildman–Crippen MR) is 138 cm³/mol. The summed E-state index contributed by atoms with van der Waals surface area (Å²) in [5.74, 6) is 2.69. The molecule has 0 aliphatic heterocycles. The number of carboxylic acids is 1. The molecule has 0 aromatic heterocycles. The third-order valence-corrected chi connectivity index (χ3v) is 11.0. The molecule has 5 atom stereocenters. The zero-order valence-electron chi connectivity index (χ0n) is 22.8. The third-order valence-electron chi connectivity index (χ3n) is 11.0. The van der Waals surface area contributed by atoms with Crippen LogP contribution in [0.15, 0.2) is 0 Å². The Hall–Kier alpha value is -0.600. The second kappa shape index (κ2) is 13.1. The van der Waals surface area contributed by atoms with Gasteiger partial charge in [-0.15, -0.1) is 0 Å². The minimum Gasteiger partial charge on any atom is -0.550 e. The van der Waals surface area contributed by atoms with Gasteiger partial charge in [-0.3, -0.25) is 0 Å². The standard InChI is InChI=1S/C31H55FO2/c1-5-8-9-23-10-12-25(13-11-23)26-16-14-24(15-17-26)22(4)28(7-3)31(19-6-2)20-18-27(30(33)34)29(32)21-31/h22-29H,5-21H2,1-4H3,(H,33,34)/p-1. The second-order valence-electron chi connectivity index (χ2n) is 12.8. The Morgan fingerprint density at radius 2 is 1.56 bits per heavy atom. The van der Waals surface area contributed by atoms with Crippen molar-refractivity contribution in [2.24, 2.45) is 46.8 Å². The summed E-state index contributed by atoms with van der Waals surface area (Å²) >= 11 is 0.